The second kappa shape index (κ2) is 10.8. The Kier molecular flexibility index (Phi) is 8.42. The number of carbonyl (C=O) groups excluding carboxylic acids is 1. The lowest BCUT2D eigenvalue weighted by molar-refractivity contribution is 0.135. The van der Waals surface area contributed by atoms with Crippen molar-refractivity contribution in [1.82, 2.24) is 5.32 Å². The Morgan fingerprint density at radius 1 is 1.25 bits per heavy atom. The number of rotatable bonds is 7. The zero-order valence-corrected chi connectivity index (χ0v) is 16.7. The largest absolute Gasteiger partial charge is 0.492 e. The fourth-order valence-electron chi connectivity index (χ4n) is 3.31. The van der Waals surface area contributed by atoms with Gasteiger partial charge in [-0.05, 0) is 37.1 Å². The topological polar surface area (TPSA) is 82.8 Å². The van der Waals surface area contributed by atoms with Crippen molar-refractivity contribution < 1.29 is 19.0 Å². The van der Waals surface area contributed by atoms with Crippen molar-refractivity contribution in [2.24, 2.45) is 5.73 Å². The Morgan fingerprint density at radius 3 is 2.75 bits per heavy atom. The van der Waals surface area contributed by atoms with Crippen molar-refractivity contribution >= 4 is 18.5 Å². The lowest BCUT2D eigenvalue weighted by Gasteiger charge is -2.34. The number of halogens is 1. The highest BCUT2D eigenvalue weighted by atomic mass is 35.5. The van der Waals surface area contributed by atoms with E-state index in [4.69, 9.17) is 19.9 Å². The third-order valence-electron chi connectivity index (χ3n) is 4.55. The number of carbonyl (C=O) groups is 1. The van der Waals surface area contributed by atoms with Crippen LogP contribution in [0.5, 0.6) is 11.5 Å². The molecule has 152 valence electrons. The van der Waals surface area contributed by atoms with Gasteiger partial charge in [-0.25, -0.2) is 4.79 Å². The van der Waals surface area contributed by atoms with Crippen LogP contribution in [0.25, 0.3) is 0 Å². The van der Waals surface area contributed by atoms with Gasteiger partial charge in [0, 0.05) is 18.0 Å². The van der Waals surface area contributed by atoms with Crippen LogP contribution in [0.3, 0.4) is 0 Å². The molecule has 0 aliphatic carbocycles. The van der Waals surface area contributed by atoms with Gasteiger partial charge in [-0.15, -0.1) is 12.4 Å². The molecule has 0 bridgehead atoms. The van der Waals surface area contributed by atoms with Crippen LogP contribution in [0.4, 0.5) is 4.79 Å². The van der Waals surface area contributed by atoms with Gasteiger partial charge in [-0.1, -0.05) is 30.3 Å². The van der Waals surface area contributed by atoms with E-state index in [1.165, 1.54) is 5.56 Å². The van der Waals surface area contributed by atoms with Crippen LogP contribution in [0.2, 0.25) is 0 Å². The summed E-state index contributed by atoms with van der Waals surface area (Å²) in [6, 6.07) is 15.8. The number of alkyl carbamates (subject to hydrolysis) is 1. The molecule has 7 heteroatoms. The Bertz CT molecular complexity index is 757. The van der Waals surface area contributed by atoms with Crippen LogP contribution in [-0.2, 0) is 11.2 Å². The zero-order chi connectivity index (χ0) is 19.1. The van der Waals surface area contributed by atoms with E-state index in [1.807, 2.05) is 36.4 Å². The van der Waals surface area contributed by atoms with E-state index in [2.05, 4.69) is 17.4 Å². The molecule has 0 aromatic heterocycles. The van der Waals surface area contributed by atoms with E-state index >= 15 is 0 Å². The van der Waals surface area contributed by atoms with E-state index in [-0.39, 0.29) is 24.4 Å². The molecule has 3 rings (SSSR count). The number of nitrogens with one attached hydrogen (secondary N) is 1. The summed E-state index contributed by atoms with van der Waals surface area (Å²) < 4.78 is 16.6. The highest BCUT2D eigenvalue weighted by Gasteiger charge is 2.33. The van der Waals surface area contributed by atoms with Crippen molar-refractivity contribution in [2.45, 2.75) is 25.3 Å². The van der Waals surface area contributed by atoms with Crippen molar-refractivity contribution in [3.63, 3.8) is 0 Å². The highest BCUT2D eigenvalue weighted by molar-refractivity contribution is 5.85. The normalized spacial score (nSPS) is 17.5. The quantitative estimate of drug-likeness (QED) is 0.737. The average molecular weight is 407 g/mol. The molecule has 2 atom stereocenters. The molecule has 2 aromatic carbocycles. The number of fused-ring (bicyclic) bond motifs is 1. The molecule has 0 fully saturated rings. The minimum absolute atomic E-state index is 0. The number of ether oxygens (including phenoxy) is 3. The first-order valence-electron chi connectivity index (χ1n) is 9.28. The number of hydrogen-bond donors (Lipinski definition) is 2. The van der Waals surface area contributed by atoms with E-state index in [0.717, 1.165) is 23.5 Å². The summed E-state index contributed by atoms with van der Waals surface area (Å²) in [5.74, 6) is 1.61. The van der Waals surface area contributed by atoms with Gasteiger partial charge in [-0.3, -0.25) is 0 Å². The molecule has 3 N–H and O–H groups in total. The fourth-order valence-corrected chi connectivity index (χ4v) is 3.31. The minimum atomic E-state index is -0.428. The van der Waals surface area contributed by atoms with Crippen molar-refractivity contribution in [3.05, 3.63) is 59.7 Å². The van der Waals surface area contributed by atoms with E-state index < -0.39 is 6.09 Å². The van der Waals surface area contributed by atoms with Gasteiger partial charge in [0.05, 0.1) is 12.6 Å². The molecule has 2 unspecified atom stereocenters. The molecule has 1 aliphatic rings. The first-order valence-corrected chi connectivity index (χ1v) is 9.28. The minimum Gasteiger partial charge on any atom is -0.492 e. The summed E-state index contributed by atoms with van der Waals surface area (Å²) in [5.41, 5.74) is 7.75. The molecular formula is C21H27ClN2O4. The molecule has 2 aromatic rings. The smallest absolute Gasteiger partial charge is 0.407 e. The maximum Gasteiger partial charge on any atom is 0.407 e. The maximum absolute atomic E-state index is 12.0. The molecule has 1 amide bonds. The first-order chi connectivity index (χ1) is 13.2. The van der Waals surface area contributed by atoms with Crippen molar-refractivity contribution in [2.75, 3.05) is 26.4 Å². The van der Waals surface area contributed by atoms with Crippen LogP contribution in [0, 0.1) is 0 Å². The van der Waals surface area contributed by atoms with Gasteiger partial charge in [0.1, 0.15) is 24.7 Å². The molecule has 1 aliphatic heterocycles. The van der Waals surface area contributed by atoms with Crippen molar-refractivity contribution in [3.8, 4) is 11.5 Å². The van der Waals surface area contributed by atoms with Gasteiger partial charge in [0.25, 0.3) is 0 Å². The lowest BCUT2D eigenvalue weighted by atomic mass is 9.84. The predicted molar refractivity (Wildman–Crippen MR) is 111 cm³/mol. The van der Waals surface area contributed by atoms with Crippen molar-refractivity contribution in [1.29, 1.82) is 0 Å². The molecule has 0 radical (unpaired) electrons. The monoisotopic (exact) mass is 406 g/mol. The Morgan fingerprint density at radius 2 is 2.04 bits per heavy atom. The lowest BCUT2D eigenvalue weighted by Crippen LogP contribution is -2.46. The third kappa shape index (κ3) is 5.53. The van der Waals surface area contributed by atoms with E-state index in [0.29, 0.717) is 26.4 Å². The van der Waals surface area contributed by atoms with E-state index in [9.17, 15) is 4.79 Å². The summed E-state index contributed by atoms with van der Waals surface area (Å²) in [5, 5.41) is 2.95. The van der Waals surface area contributed by atoms with Gasteiger partial charge in [0.15, 0.2) is 0 Å². The molecule has 0 saturated carbocycles. The summed E-state index contributed by atoms with van der Waals surface area (Å²) in [4.78, 5) is 12.0. The average Bonchev–Trinajstić information content (AvgIpc) is 2.69. The SMILES string of the molecule is CCOC(=O)NC1COc2ccc(OCCN)cc2C1Cc1ccccc1.Cl. The van der Waals surface area contributed by atoms with Gasteiger partial charge in [-0.2, -0.15) is 0 Å². The predicted octanol–water partition coefficient (Wildman–Crippen LogP) is 3.28. The van der Waals surface area contributed by atoms with Crippen LogP contribution >= 0.6 is 12.4 Å². The molecule has 0 spiro atoms. The maximum atomic E-state index is 12.0. The van der Waals surface area contributed by atoms with Gasteiger partial charge >= 0.3 is 6.09 Å². The van der Waals surface area contributed by atoms with Crippen LogP contribution in [0.15, 0.2) is 48.5 Å². The molecule has 1 heterocycles. The Balaban J connectivity index is 0.00000280. The highest BCUT2D eigenvalue weighted by Crippen LogP contribution is 2.38. The third-order valence-corrected chi connectivity index (χ3v) is 4.55. The summed E-state index contributed by atoms with van der Waals surface area (Å²) in [6.07, 6.45) is 0.345. The zero-order valence-electron chi connectivity index (χ0n) is 15.9. The van der Waals surface area contributed by atoms with Crippen LogP contribution in [0.1, 0.15) is 24.0 Å². The molecule has 0 saturated heterocycles. The summed E-state index contributed by atoms with van der Waals surface area (Å²) in [6.45, 7) is 3.42. The second-order valence-corrected chi connectivity index (χ2v) is 6.42. The number of amides is 1. The van der Waals surface area contributed by atoms with E-state index in [1.54, 1.807) is 6.92 Å². The van der Waals surface area contributed by atoms with Gasteiger partial charge < -0.3 is 25.3 Å². The number of hydrogen-bond acceptors (Lipinski definition) is 5. The first kappa shape index (κ1) is 21.9. The molecule has 6 nitrogen and oxygen atoms in total. The summed E-state index contributed by atoms with van der Waals surface area (Å²) >= 11 is 0. The summed E-state index contributed by atoms with van der Waals surface area (Å²) in [7, 11) is 0. The number of nitrogens with two attached hydrogens (primary N) is 1. The molecular weight excluding hydrogens is 380 g/mol. The van der Waals surface area contributed by atoms with Crippen LogP contribution in [-0.4, -0.2) is 38.5 Å². The molecule has 28 heavy (non-hydrogen) atoms. The standard InChI is InChI=1S/C21H26N2O4.ClH/c1-2-25-21(24)23-19-14-27-20-9-8-16(26-11-10-22)13-18(20)17(19)12-15-6-4-3-5-7-15;/h3-9,13,17,19H,2,10-12,14,22H2,1H3,(H,23,24);1H. The number of benzene rings is 2. The fraction of sp³-hybridized carbons (Fsp3) is 0.381. The van der Waals surface area contributed by atoms with Gasteiger partial charge in [0.2, 0.25) is 0 Å². The van der Waals surface area contributed by atoms with Crippen LogP contribution < -0.4 is 20.5 Å². The second-order valence-electron chi connectivity index (χ2n) is 6.42. The Hall–Kier alpha value is -2.44. The Labute approximate surface area is 171 Å².